The molecule has 178 valence electrons. The largest absolute Gasteiger partial charge is 0.481 e. The van der Waals surface area contributed by atoms with Crippen molar-refractivity contribution in [3.8, 4) is 0 Å². The summed E-state index contributed by atoms with van der Waals surface area (Å²) in [7, 11) is 0. The van der Waals surface area contributed by atoms with Crippen LogP contribution in [0.3, 0.4) is 0 Å². The molecule has 1 saturated carbocycles. The SMILES string of the molecule is O=C(O)CSCCCS[C@H]1C(=O)C[C@@H](CO)[C@@H]1/C=C/[C@@H](O)CCc1ccc2ccccc2c1. The van der Waals surface area contributed by atoms with E-state index >= 15 is 0 Å². The van der Waals surface area contributed by atoms with Crippen molar-refractivity contribution in [2.24, 2.45) is 11.8 Å². The molecule has 4 atom stereocenters. The molecular weight excluding hydrogens is 456 g/mol. The molecule has 0 spiro atoms. The van der Waals surface area contributed by atoms with E-state index in [1.165, 1.54) is 28.1 Å². The Morgan fingerprint density at radius 2 is 1.94 bits per heavy atom. The summed E-state index contributed by atoms with van der Waals surface area (Å²) < 4.78 is 0. The lowest BCUT2D eigenvalue weighted by Gasteiger charge is -2.19. The number of Topliss-reactive ketones (excluding diaryl/α,β-unsaturated/α-hetero) is 1. The van der Waals surface area contributed by atoms with Gasteiger partial charge in [-0.2, -0.15) is 11.8 Å². The summed E-state index contributed by atoms with van der Waals surface area (Å²) in [5.41, 5.74) is 1.18. The maximum Gasteiger partial charge on any atom is 0.313 e. The lowest BCUT2D eigenvalue weighted by molar-refractivity contribution is -0.133. The van der Waals surface area contributed by atoms with Gasteiger partial charge in [-0.25, -0.2) is 0 Å². The first-order valence-corrected chi connectivity index (χ1v) is 13.6. The van der Waals surface area contributed by atoms with E-state index in [-0.39, 0.29) is 35.2 Å². The Kier molecular flexibility index (Phi) is 10.3. The molecule has 2 aromatic carbocycles. The number of aliphatic hydroxyl groups excluding tert-OH is 2. The van der Waals surface area contributed by atoms with Gasteiger partial charge in [0.2, 0.25) is 0 Å². The maximum atomic E-state index is 12.5. The van der Waals surface area contributed by atoms with Gasteiger partial charge in [-0.15, -0.1) is 11.8 Å². The van der Waals surface area contributed by atoms with E-state index in [0.717, 1.165) is 24.3 Å². The van der Waals surface area contributed by atoms with E-state index in [1.807, 2.05) is 18.2 Å². The lowest BCUT2D eigenvalue weighted by Crippen LogP contribution is -2.21. The predicted octanol–water partition coefficient (Wildman–Crippen LogP) is 4.20. The van der Waals surface area contributed by atoms with Gasteiger partial charge in [0, 0.05) is 18.9 Å². The molecule has 0 saturated heterocycles. The fraction of sp³-hybridized carbons (Fsp3) is 0.462. The molecule has 0 radical (unpaired) electrons. The Balaban J connectivity index is 1.50. The van der Waals surface area contributed by atoms with E-state index in [0.29, 0.717) is 12.8 Å². The quantitative estimate of drug-likeness (QED) is 0.287. The molecule has 0 aromatic heterocycles. The van der Waals surface area contributed by atoms with Crippen LogP contribution in [0.2, 0.25) is 0 Å². The van der Waals surface area contributed by atoms with Gasteiger partial charge in [0.25, 0.3) is 0 Å². The van der Waals surface area contributed by atoms with Crippen molar-refractivity contribution < 1.29 is 24.9 Å². The molecule has 0 unspecified atom stereocenters. The van der Waals surface area contributed by atoms with Gasteiger partial charge >= 0.3 is 5.97 Å². The van der Waals surface area contributed by atoms with Crippen LogP contribution in [0.4, 0.5) is 0 Å². The predicted molar refractivity (Wildman–Crippen MR) is 137 cm³/mol. The van der Waals surface area contributed by atoms with E-state index in [1.54, 1.807) is 17.8 Å². The van der Waals surface area contributed by atoms with Crippen LogP contribution in [0.25, 0.3) is 10.8 Å². The topological polar surface area (TPSA) is 94.8 Å². The molecule has 1 aliphatic carbocycles. The Morgan fingerprint density at radius 1 is 1.15 bits per heavy atom. The number of carboxylic acid groups (broad SMARTS) is 1. The molecule has 33 heavy (non-hydrogen) atoms. The summed E-state index contributed by atoms with van der Waals surface area (Å²) in [5.74, 6) is 0.761. The van der Waals surface area contributed by atoms with Gasteiger partial charge in [0.1, 0.15) is 5.78 Å². The van der Waals surface area contributed by atoms with E-state index in [2.05, 4.69) is 30.3 Å². The zero-order valence-corrected chi connectivity index (χ0v) is 20.3. The average Bonchev–Trinajstić information content (AvgIpc) is 3.12. The van der Waals surface area contributed by atoms with Gasteiger partial charge < -0.3 is 15.3 Å². The summed E-state index contributed by atoms with van der Waals surface area (Å²) in [6.07, 6.45) is 5.65. The summed E-state index contributed by atoms with van der Waals surface area (Å²) in [6.45, 7) is -0.0422. The number of thioether (sulfide) groups is 2. The van der Waals surface area contributed by atoms with Gasteiger partial charge in [0.15, 0.2) is 0 Å². The summed E-state index contributed by atoms with van der Waals surface area (Å²) in [6, 6.07) is 14.6. The van der Waals surface area contributed by atoms with Crippen LogP contribution in [-0.4, -0.2) is 62.3 Å². The van der Waals surface area contributed by atoms with Crippen LogP contribution in [0.1, 0.15) is 24.8 Å². The van der Waals surface area contributed by atoms with Crippen molar-refractivity contribution in [1.82, 2.24) is 0 Å². The fourth-order valence-corrected chi connectivity index (χ4v) is 6.45. The van der Waals surface area contributed by atoms with Crippen molar-refractivity contribution in [3.05, 3.63) is 60.2 Å². The number of rotatable bonds is 13. The number of hydrogen-bond acceptors (Lipinski definition) is 6. The number of benzene rings is 2. The zero-order chi connectivity index (χ0) is 23.6. The van der Waals surface area contributed by atoms with Gasteiger partial charge in [-0.3, -0.25) is 9.59 Å². The molecule has 0 heterocycles. The first-order valence-electron chi connectivity index (χ1n) is 11.4. The van der Waals surface area contributed by atoms with Crippen LogP contribution in [0.15, 0.2) is 54.6 Å². The highest BCUT2D eigenvalue weighted by Gasteiger charge is 2.40. The second kappa shape index (κ2) is 13.2. The van der Waals surface area contributed by atoms with Crippen LogP contribution in [0, 0.1) is 11.8 Å². The number of carboxylic acids is 1. The van der Waals surface area contributed by atoms with Crippen LogP contribution in [0.5, 0.6) is 0 Å². The number of ketones is 1. The Hall–Kier alpha value is -1.80. The Morgan fingerprint density at radius 3 is 2.70 bits per heavy atom. The highest BCUT2D eigenvalue weighted by molar-refractivity contribution is 8.01. The highest BCUT2D eigenvalue weighted by Crippen LogP contribution is 2.38. The van der Waals surface area contributed by atoms with Crippen molar-refractivity contribution in [3.63, 3.8) is 0 Å². The number of aryl methyl sites for hydroxylation is 1. The van der Waals surface area contributed by atoms with Gasteiger partial charge in [-0.05, 0) is 53.0 Å². The van der Waals surface area contributed by atoms with Crippen molar-refractivity contribution in [2.75, 3.05) is 23.9 Å². The van der Waals surface area contributed by atoms with Gasteiger partial charge in [-0.1, -0.05) is 54.6 Å². The molecule has 2 aromatic rings. The molecule has 5 nitrogen and oxygen atoms in total. The Bertz CT molecular complexity index is 961. The molecule has 3 N–H and O–H groups in total. The third-order valence-electron chi connectivity index (χ3n) is 5.96. The summed E-state index contributed by atoms with van der Waals surface area (Å²) >= 11 is 2.97. The highest BCUT2D eigenvalue weighted by atomic mass is 32.2. The molecular formula is C26H32O5S2. The minimum absolute atomic E-state index is 0.0422. The first-order chi connectivity index (χ1) is 16.0. The standard InChI is InChI=1S/C26H32O5S2/c27-16-21-15-24(29)26(33-13-3-12-32-17-25(30)31)23(21)11-10-22(28)9-7-18-6-8-19-4-1-2-5-20(19)14-18/h1-2,4-6,8,10-11,14,21-23,26-28H,3,7,9,12-13,15-17H2,(H,30,31)/b11-10+/t21-,22-,23-,26+/m0/s1. The normalized spacial score (nSPS) is 21.8. The zero-order valence-electron chi connectivity index (χ0n) is 18.6. The van der Waals surface area contributed by atoms with Crippen LogP contribution in [-0.2, 0) is 16.0 Å². The number of allylic oxidation sites excluding steroid dienone is 1. The fourth-order valence-electron chi connectivity index (χ4n) is 4.21. The monoisotopic (exact) mass is 488 g/mol. The smallest absolute Gasteiger partial charge is 0.313 e. The molecule has 1 fully saturated rings. The lowest BCUT2D eigenvalue weighted by atomic mass is 9.95. The number of aliphatic hydroxyl groups is 2. The summed E-state index contributed by atoms with van der Waals surface area (Å²) in [5, 5.41) is 31.1. The number of carbonyl (C=O) groups excluding carboxylic acids is 1. The first kappa shape index (κ1) is 25.8. The minimum atomic E-state index is -0.811. The van der Waals surface area contributed by atoms with Crippen molar-refractivity contribution in [1.29, 1.82) is 0 Å². The molecule has 7 heteroatoms. The molecule has 0 aliphatic heterocycles. The maximum absolute atomic E-state index is 12.5. The van der Waals surface area contributed by atoms with E-state index in [4.69, 9.17) is 5.11 Å². The van der Waals surface area contributed by atoms with E-state index < -0.39 is 12.1 Å². The van der Waals surface area contributed by atoms with Crippen molar-refractivity contribution >= 4 is 46.0 Å². The second-order valence-electron chi connectivity index (χ2n) is 8.45. The van der Waals surface area contributed by atoms with Crippen LogP contribution >= 0.6 is 23.5 Å². The van der Waals surface area contributed by atoms with Crippen LogP contribution < -0.4 is 0 Å². The number of fused-ring (bicyclic) bond motifs is 1. The van der Waals surface area contributed by atoms with E-state index in [9.17, 15) is 19.8 Å². The van der Waals surface area contributed by atoms with Crippen molar-refractivity contribution in [2.45, 2.75) is 37.0 Å². The number of hydrogen-bond donors (Lipinski definition) is 3. The average molecular weight is 489 g/mol. The molecule has 0 amide bonds. The third-order valence-corrected chi connectivity index (χ3v) is 8.45. The number of carbonyl (C=O) groups is 2. The van der Waals surface area contributed by atoms with Gasteiger partial charge in [0.05, 0.1) is 17.1 Å². The minimum Gasteiger partial charge on any atom is -0.481 e. The molecule has 0 bridgehead atoms. The summed E-state index contributed by atoms with van der Waals surface area (Å²) in [4.78, 5) is 23.1. The number of aliphatic carboxylic acids is 1. The third kappa shape index (κ3) is 7.88. The Labute approximate surface area is 203 Å². The molecule has 1 aliphatic rings. The second-order valence-corrected chi connectivity index (χ2v) is 10.8. The molecule has 3 rings (SSSR count).